The number of nitrogens with one attached hydrogen (secondary N) is 1. The van der Waals surface area contributed by atoms with Crippen molar-refractivity contribution in [3.8, 4) is 0 Å². The van der Waals surface area contributed by atoms with Crippen LogP contribution in [0.5, 0.6) is 0 Å². The van der Waals surface area contributed by atoms with Crippen molar-refractivity contribution < 1.29 is 14.5 Å². The van der Waals surface area contributed by atoms with Gasteiger partial charge < -0.3 is 15.0 Å². The number of nitrogens with zero attached hydrogens (tertiary/aromatic N) is 4. The van der Waals surface area contributed by atoms with E-state index in [1.807, 2.05) is 58.2 Å². The highest BCUT2D eigenvalue weighted by atomic mass is 32.2. The standard InChI is InChI=1S/C20H27N5O3S2/c1-13-18(30-25-22-13)14(2)23-28-11-15-9-7-8-10-16(15)17(24-27-5)19(26)21-20(3,4)12-29-6/h7-10H,11-12H2,1-6H3,(H,21,26)/b23-14-,24-17-. The highest BCUT2D eigenvalue weighted by Gasteiger charge is 2.25. The molecule has 0 aliphatic carbocycles. The largest absolute Gasteiger partial charge is 0.398 e. The molecule has 30 heavy (non-hydrogen) atoms. The van der Waals surface area contributed by atoms with Gasteiger partial charge in [-0.15, -0.1) is 5.10 Å². The van der Waals surface area contributed by atoms with Gasteiger partial charge in [0.05, 0.1) is 16.3 Å². The summed E-state index contributed by atoms with van der Waals surface area (Å²) in [4.78, 5) is 24.3. The molecule has 1 amide bonds. The highest BCUT2D eigenvalue weighted by Crippen LogP contribution is 2.16. The van der Waals surface area contributed by atoms with Crippen molar-refractivity contribution in [1.29, 1.82) is 0 Å². The van der Waals surface area contributed by atoms with E-state index in [4.69, 9.17) is 9.68 Å². The fraction of sp³-hybridized carbons (Fsp3) is 0.450. The molecule has 0 saturated heterocycles. The fourth-order valence-corrected chi connectivity index (χ4v) is 4.13. The molecule has 0 atom stereocenters. The van der Waals surface area contributed by atoms with E-state index in [1.165, 1.54) is 18.6 Å². The number of hydrogen-bond donors (Lipinski definition) is 1. The minimum Gasteiger partial charge on any atom is -0.398 e. The van der Waals surface area contributed by atoms with Crippen LogP contribution >= 0.6 is 23.3 Å². The van der Waals surface area contributed by atoms with Crippen LogP contribution < -0.4 is 5.32 Å². The number of hydrogen-bond acceptors (Lipinski definition) is 9. The van der Waals surface area contributed by atoms with Crippen LogP contribution in [-0.2, 0) is 21.1 Å². The van der Waals surface area contributed by atoms with Crippen LogP contribution in [0.1, 0.15) is 42.5 Å². The topological polar surface area (TPSA) is 98.1 Å². The van der Waals surface area contributed by atoms with Crippen LogP contribution in [0, 0.1) is 6.92 Å². The number of benzene rings is 1. The van der Waals surface area contributed by atoms with E-state index in [2.05, 4.69) is 25.2 Å². The number of aryl methyl sites for hydroxylation is 1. The SMILES string of the molecule is CO/N=C(\C(=O)NC(C)(C)CSC)c1ccccc1CO/N=C(/C)c1snnc1C. The number of aromatic nitrogens is 2. The number of amides is 1. The summed E-state index contributed by atoms with van der Waals surface area (Å²) in [6, 6.07) is 7.39. The first-order chi connectivity index (χ1) is 14.3. The summed E-state index contributed by atoms with van der Waals surface area (Å²) in [6.45, 7) is 7.82. The molecule has 1 heterocycles. The van der Waals surface area contributed by atoms with Gasteiger partial charge in [-0.25, -0.2) is 0 Å². The van der Waals surface area contributed by atoms with Gasteiger partial charge in [-0.3, -0.25) is 4.79 Å². The van der Waals surface area contributed by atoms with E-state index in [0.29, 0.717) is 11.3 Å². The molecular formula is C20H27N5O3S2. The molecule has 0 aliphatic rings. The molecule has 0 spiro atoms. The fourth-order valence-electron chi connectivity index (χ4n) is 2.75. The molecule has 0 bridgehead atoms. The maximum absolute atomic E-state index is 12.9. The second kappa shape index (κ2) is 11.1. The molecule has 1 aromatic heterocycles. The van der Waals surface area contributed by atoms with Crippen molar-refractivity contribution in [3.05, 3.63) is 46.0 Å². The Kier molecular flexibility index (Phi) is 8.79. The Hall–Kier alpha value is -2.46. The monoisotopic (exact) mass is 449 g/mol. The van der Waals surface area contributed by atoms with E-state index in [1.54, 1.807) is 11.8 Å². The van der Waals surface area contributed by atoms with Crippen molar-refractivity contribution in [2.24, 2.45) is 10.3 Å². The Bertz CT molecular complexity index is 925. The van der Waals surface area contributed by atoms with Crippen LogP contribution in [0.3, 0.4) is 0 Å². The maximum Gasteiger partial charge on any atom is 0.274 e. The summed E-state index contributed by atoms with van der Waals surface area (Å²) in [6.07, 6.45) is 2.00. The zero-order chi connectivity index (χ0) is 22.1. The molecule has 8 nitrogen and oxygen atoms in total. The molecule has 0 saturated carbocycles. The van der Waals surface area contributed by atoms with E-state index in [-0.39, 0.29) is 18.2 Å². The zero-order valence-corrected chi connectivity index (χ0v) is 19.7. The summed E-state index contributed by atoms with van der Waals surface area (Å²) >= 11 is 2.93. The summed E-state index contributed by atoms with van der Waals surface area (Å²) in [7, 11) is 1.42. The summed E-state index contributed by atoms with van der Waals surface area (Å²) in [5.41, 5.74) is 2.70. The maximum atomic E-state index is 12.9. The lowest BCUT2D eigenvalue weighted by Crippen LogP contribution is -2.48. The van der Waals surface area contributed by atoms with Gasteiger partial charge in [0.25, 0.3) is 5.91 Å². The minimum atomic E-state index is -0.390. The third-order valence-corrected chi connectivity index (χ3v) is 5.98. The number of carbonyl (C=O) groups excluding carboxylic acids is 1. The third-order valence-electron chi connectivity index (χ3n) is 4.03. The molecule has 2 rings (SSSR count). The Morgan fingerprint density at radius 3 is 2.67 bits per heavy atom. The Morgan fingerprint density at radius 2 is 2.03 bits per heavy atom. The van der Waals surface area contributed by atoms with E-state index in [0.717, 1.165) is 21.9 Å². The van der Waals surface area contributed by atoms with Gasteiger partial charge in [-0.2, -0.15) is 11.8 Å². The number of thioether (sulfide) groups is 1. The van der Waals surface area contributed by atoms with Crippen LogP contribution in [0.25, 0.3) is 0 Å². The molecule has 10 heteroatoms. The number of rotatable bonds is 10. The number of carbonyl (C=O) groups is 1. The van der Waals surface area contributed by atoms with Crippen LogP contribution in [0.2, 0.25) is 0 Å². The Morgan fingerprint density at radius 1 is 1.30 bits per heavy atom. The lowest BCUT2D eigenvalue weighted by Gasteiger charge is -2.25. The first-order valence-electron chi connectivity index (χ1n) is 9.26. The first-order valence-corrected chi connectivity index (χ1v) is 11.4. The molecule has 2 aromatic rings. The van der Waals surface area contributed by atoms with Gasteiger partial charge >= 0.3 is 0 Å². The molecule has 162 valence electrons. The van der Waals surface area contributed by atoms with Gasteiger partial charge in [-0.1, -0.05) is 39.1 Å². The number of oxime groups is 2. The first kappa shape index (κ1) is 23.8. The van der Waals surface area contributed by atoms with Crippen LogP contribution in [0.15, 0.2) is 34.6 Å². The highest BCUT2D eigenvalue weighted by molar-refractivity contribution is 7.98. The van der Waals surface area contributed by atoms with Crippen LogP contribution in [0.4, 0.5) is 0 Å². The van der Waals surface area contributed by atoms with Gasteiger partial charge in [0.15, 0.2) is 5.71 Å². The average molecular weight is 450 g/mol. The van der Waals surface area contributed by atoms with Crippen molar-refractivity contribution in [2.45, 2.75) is 39.8 Å². The minimum absolute atomic E-state index is 0.170. The van der Waals surface area contributed by atoms with E-state index < -0.39 is 5.54 Å². The van der Waals surface area contributed by atoms with Gasteiger partial charge in [-0.05, 0) is 45.5 Å². The molecule has 0 unspecified atom stereocenters. The van der Waals surface area contributed by atoms with E-state index in [9.17, 15) is 4.79 Å². The second-order valence-electron chi connectivity index (χ2n) is 7.19. The van der Waals surface area contributed by atoms with Crippen LogP contribution in [-0.4, -0.2) is 51.6 Å². The lowest BCUT2D eigenvalue weighted by molar-refractivity contribution is -0.116. The molecular weight excluding hydrogens is 422 g/mol. The van der Waals surface area contributed by atoms with Gasteiger partial charge in [0.1, 0.15) is 13.7 Å². The van der Waals surface area contributed by atoms with Gasteiger partial charge in [0, 0.05) is 22.4 Å². The molecule has 0 radical (unpaired) electrons. The summed E-state index contributed by atoms with van der Waals surface area (Å²) < 4.78 is 3.91. The van der Waals surface area contributed by atoms with Crippen molar-refractivity contribution in [2.75, 3.05) is 19.1 Å². The Labute approximate surface area is 185 Å². The molecule has 1 aromatic carbocycles. The third kappa shape index (κ3) is 6.53. The van der Waals surface area contributed by atoms with Crippen molar-refractivity contribution in [3.63, 3.8) is 0 Å². The normalized spacial score (nSPS) is 12.6. The predicted octanol–water partition coefficient (Wildman–Crippen LogP) is 3.40. The second-order valence-corrected chi connectivity index (χ2v) is 8.81. The average Bonchev–Trinajstić information content (AvgIpc) is 3.12. The Balaban J connectivity index is 2.21. The summed E-state index contributed by atoms with van der Waals surface area (Å²) in [5.74, 6) is 0.457. The molecule has 1 N–H and O–H groups in total. The molecule has 0 aliphatic heterocycles. The van der Waals surface area contributed by atoms with E-state index >= 15 is 0 Å². The summed E-state index contributed by atoms with van der Waals surface area (Å²) in [5, 5.41) is 15.2. The van der Waals surface area contributed by atoms with Crippen molar-refractivity contribution in [1.82, 2.24) is 14.9 Å². The van der Waals surface area contributed by atoms with Crippen molar-refractivity contribution >= 4 is 40.6 Å². The van der Waals surface area contributed by atoms with Gasteiger partial charge in [0.2, 0.25) is 0 Å². The molecule has 0 fully saturated rings. The lowest BCUT2D eigenvalue weighted by atomic mass is 10.0. The zero-order valence-electron chi connectivity index (χ0n) is 18.1. The quantitative estimate of drug-likeness (QED) is 0.441. The smallest absolute Gasteiger partial charge is 0.274 e. The predicted molar refractivity (Wildman–Crippen MR) is 122 cm³/mol.